The highest BCUT2D eigenvalue weighted by Gasteiger charge is 2.21. The monoisotopic (exact) mass is 371 g/mol. The summed E-state index contributed by atoms with van der Waals surface area (Å²) in [6.45, 7) is 1.91. The summed E-state index contributed by atoms with van der Waals surface area (Å²) >= 11 is 4.55. The Morgan fingerprint density at radius 1 is 1.57 bits per heavy atom. The van der Waals surface area contributed by atoms with Crippen molar-refractivity contribution in [3.05, 3.63) is 40.9 Å². The zero-order valence-corrected chi connectivity index (χ0v) is 14.0. The summed E-state index contributed by atoms with van der Waals surface area (Å²) in [4.78, 5) is 16.5. The predicted octanol–water partition coefficient (Wildman–Crippen LogP) is 3.83. The third-order valence-corrected chi connectivity index (χ3v) is 4.81. The van der Waals surface area contributed by atoms with Gasteiger partial charge in [0.15, 0.2) is 5.16 Å². The number of nitrogens with one attached hydrogen (secondary N) is 1. The van der Waals surface area contributed by atoms with E-state index in [1.54, 1.807) is 12.3 Å². The second kappa shape index (κ2) is 7.09. The number of anilines is 1. The lowest BCUT2D eigenvalue weighted by atomic mass is 10.2. The molecule has 0 saturated carbocycles. The molecule has 112 valence electrons. The maximum Gasteiger partial charge on any atom is 0.238 e. The van der Waals surface area contributed by atoms with Crippen LogP contribution in [0.5, 0.6) is 0 Å². The van der Waals surface area contributed by atoms with E-state index >= 15 is 0 Å². The van der Waals surface area contributed by atoms with E-state index in [4.69, 9.17) is 0 Å². The largest absolute Gasteiger partial charge is 0.329 e. The van der Waals surface area contributed by atoms with Crippen molar-refractivity contribution in [3.63, 3.8) is 0 Å². The number of hydrogen-bond donors (Lipinski definition) is 1. The van der Waals surface area contributed by atoms with Gasteiger partial charge in [-0.3, -0.25) is 4.79 Å². The summed E-state index contributed by atoms with van der Waals surface area (Å²) in [6, 6.07) is 4.55. The Morgan fingerprint density at radius 3 is 2.90 bits per heavy atom. The number of halogens is 2. The van der Waals surface area contributed by atoms with Gasteiger partial charge < -0.3 is 9.88 Å². The molecular weight excluding hydrogens is 357 g/mol. The number of imidazole rings is 1. The summed E-state index contributed by atoms with van der Waals surface area (Å²) in [5.74, 6) is -0.693. The lowest BCUT2D eigenvalue weighted by Crippen LogP contribution is -2.25. The van der Waals surface area contributed by atoms with Crippen LogP contribution in [-0.4, -0.2) is 20.7 Å². The van der Waals surface area contributed by atoms with Gasteiger partial charge in [-0.05, 0) is 24.6 Å². The van der Waals surface area contributed by atoms with E-state index in [0.717, 1.165) is 5.16 Å². The molecule has 1 aromatic heterocycles. The molecule has 0 saturated heterocycles. The van der Waals surface area contributed by atoms with Crippen LogP contribution in [0, 0.1) is 5.82 Å². The molecule has 2 rings (SSSR count). The number of benzene rings is 1. The SMILES string of the molecule is CCC(Sc1nccn1C)C(=O)Nc1ccc(Br)cc1F. The fourth-order valence-corrected chi connectivity index (χ4v) is 2.99. The fraction of sp³-hybridized carbons (Fsp3) is 0.286. The van der Waals surface area contributed by atoms with Crippen molar-refractivity contribution in [2.45, 2.75) is 23.8 Å². The molecule has 0 aliphatic rings. The molecular formula is C14H15BrFN3OS. The second-order valence-electron chi connectivity index (χ2n) is 4.45. The molecule has 1 N–H and O–H groups in total. The molecule has 0 aliphatic carbocycles. The first kappa shape index (κ1) is 16.0. The van der Waals surface area contributed by atoms with Crippen molar-refractivity contribution < 1.29 is 9.18 Å². The highest BCUT2D eigenvalue weighted by atomic mass is 79.9. The standard InChI is InChI=1S/C14H15BrFN3OS/c1-3-12(21-14-17-6-7-19(14)2)13(20)18-11-5-4-9(15)8-10(11)16/h4-8,12H,3H2,1-2H3,(H,18,20). The summed E-state index contributed by atoms with van der Waals surface area (Å²) in [5, 5.41) is 3.06. The van der Waals surface area contributed by atoms with Crippen LogP contribution in [-0.2, 0) is 11.8 Å². The van der Waals surface area contributed by atoms with Gasteiger partial charge in [0.05, 0.1) is 10.9 Å². The topological polar surface area (TPSA) is 46.9 Å². The summed E-state index contributed by atoms with van der Waals surface area (Å²) in [7, 11) is 1.87. The lowest BCUT2D eigenvalue weighted by molar-refractivity contribution is -0.115. The predicted molar refractivity (Wildman–Crippen MR) is 85.9 cm³/mol. The number of aryl methyl sites for hydroxylation is 1. The van der Waals surface area contributed by atoms with Gasteiger partial charge in [0.1, 0.15) is 5.82 Å². The van der Waals surface area contributed by atoms with Crippen molar-refractivity contribution in [1.82, 2.24) is 9.55 Å². The molecule has 1 atom stereocenters. The van der Waals surface area contributed by atoms with Crippen molar-refractivity contribution in [3.8, 4) is 0 Å². The first-order chi connectivity index (χ1) is 10.0. The average Bonchev–Trinajstić information content (AvgIpc) is 2.84. The van der Waals surface area contributed by atoms with Crippen LogP contribution < -0.4 is 5.32 Å². The van der Waals surface area contributed by atoms with E-state index in [9.17, 15) is 9.18 Å². The van der Waals surface area contributed by atoms with Gasteiger partial charge in [0.25, 0.3) is 0 Å². The minimum atomic E-state index is -0.463. The lowest BCUT2D eigenvalue weighted by Gasteiger charge is -2.14. The summed E-state index contributed by atoms with van der Waals surface area (Å²) in [5.41, 5.74) is 0.182. The van der Waals surface area contributed by atoms with Crippen molar-refractivity contribution >= 4 is 39.3 Å². The maximum atomic E-state index is 13.8. The second-order valence-corrected chi connectivity index (χ2v) is 6.53. The molecule has 1 aromatic carbocycles. The molecule has 1 heterocycles. The maximum absolute atomic E-state index is 13.8. The third kappa shape index (κ3) is 4.07. The number of amides is 1. The van der Waals surface area contributed by atoms with Crippen LogP contribution in [0.2, 0.25) is 0 Å². The number of rotatable bonds is 5. The van der Waals surface area contributed by atoms with Crippen molar-refractivity contribution in [1.29, 1.82) is 0 Å². The van der Waals surface area contributed by atoms with Crippen molar-refractivity contribution in [2.75, 3.05) is 5.32 Å². The Balaban J connectivity index is 2.08. The number of carbonyl (C=O) groups is 1. The van der Waals surface area contributed by atoms with E-state index in [0.29, 0.717) is 10.9 Å². The molecule has 21 heavy (non-hydrogen) atoms. The molecule has 2 aromatic rings. The Hall–Kier alpha value is -1.34. The number of aromatic nitrogens is 2. The van der Waals surface area contributed by atoms with Gasteiger partial charge in [-0.25, -0.2) is 9.37 Å². The normalized spacial score (nSPS) is 12.2. The average molecular weight is 372 g/mol. The zero-order chi connectivity index (χ0) is 15.4. The molecule has 0 aliphatic heterocycles. The summed E-state index contributed by atoms with van der Waals surface area (Å²) in [6.07, 6.45) is 4.13. The Bertz CT molecular complexity index is 647. The number of hydrogen-bond acceptors (Lipinski definition) is 3. The van der Waals surface area contributed by atoms with Crippen LogP contribution in [0.3, 0.4) is 0 Å². The molecule has 7 heteroatoms. The van der Waals surface area contributed by atoms with E-state index < -0.39 is 5.82 Å². The van der Waals surface area contributed by atoms with Gasteiger partial charge in [0, 0.05) is 23.9 Å². The van der Waals surface area contributed by atoms with Gasteiger partial charge >= 0.3 is 0 Å². The fourth-order valence-electron chi connectivity index (χ4n) is 1.72. The molecule has 1 unspecified atom stereocenters. The van der Waals surface area contributed by atoms with Crippen LogP contribution in [0.1, 0.15) is 13.3 Å². The Kier molecular flexibility index (Phi) is 5.41. The molecule has 0 spiro atoms. The van der Waals surface area contributed by atoms with E-state index in [-0.39, 0.29) is 16.8 Å². The van der Waals surface area contributed by atoms with Crippen LogP contribution in [0.25, 0.3) is 0 Å². The van der Waals surface area contributed by atoms with Crippen LogP contribution in [0.15, 0.2) is 40.2 Å². The van der Waals surface area contributed by atoms with Gasteiger partial charge in [-0.15, -0.1) is 0 Å². The third-order valence-electron chi connectivity index (χ3n) is 2.88. The van der Waals surface area contributed by atoms with E-state index in [1.165, 1.54) is 23.9 Å². The molecule has 1 amide bonds. The van der Waals surface area contributed by atoms with E-state index in [2.05, 4.69) is 26.2 Å². The highest BCUT2D eigenvalue weighted by Crippen LogP contribution is 2.26. The molecule has 0 bridgehead atoms. The van der Waals surface area contributed by atoms with Gasteiger partial charge in [0.2, 0.25) is 5.91 Å². The number of carbonyl (C=O) groups excluding carboxylic acids is 1. The smallest absolute Gasteiger partial charge is 0.238 e. The van der Waals surface area contributed by atoms with Gasteiger partial charge in [-0.2, -0.15) is 0 Å². The number of thioether (sulfide) groups is 1. The van der Waals surface area contributed by atoms with Gasteiger partial charge in [-0.1, -0.05) is 34.6 Å². The first-order valence-electron chi connectivity index (χ1n) is 6.41. The summed E-state index contributed by atoms with van der Waals surface area (Å²) < 4.78 is 16.2. The Morgan fingerprint density at radius 2 is 2.33 bits per heavy atom. The first-order valence-corrected chi connectivity index (χ1v) is 8.08. The quantitative estimate of drug-likeness (QED) is 0.812. The van der Waals surface area contributed by atoms with Crippen LogP contribution >= 0.6 is 27.7 Å². The molecule has 4 nitrogen and oxygen atoms in total. The minimum Gasteiger partial charge on any atom is -0.329 e. The Labute approximate surface area is 135 Å². The van der Waals surface area contributed by atoms with E-state index in [1.807, 2.05) is 24.7 Å². The molecule has 0 radical (unpaired) electrons. The zero-order valence-electron chi connectivity index (χ0n) is 11.6. The number of nitrogens with zero attached hydrogens (tertiary/aromatic N) is 2. The van der Waals surface area contributed by atoms with Crippen LogP contribution in [0.4, 0.5) is 10.1 Å². The minimum absolute atomic E-state index is 0.182. The van der Waals surface area contributed by atoms with Crippen molar-refractivity contribution in [2.24, 2.45) is 7.05 Å². The molecule has 0 fully saturated rings. The highest BCUT2D eigenvalue weighted by molar-refractivity contribution is 9.10.